The Morgan fingerprint density at radius 3 is 2.59 bits per heavy atom. The molecule has 1 aliphatic heterocycles. The highest BCUT2D eigenvalue weighted by Gasteiger charge is 2.38. The molecule has 0 bridgehead atoms. The van der Waals surface area contributed by atoms with E-state index in [4.69, 9.17) is 5.48 Å². The number of aryl methyl sites for hydroxylation is 1. The van der Waals surface area contributed by atoms with Crippen molar-refractivity contribution in [2.24, 2.45) is 0 Å². The normalized spacial score (nSPS) is 22.3. The lowest BCUT2D eigenvalue weighted by molar-refractivity contribution is -0.609. The highest BCUT2D eigenvalue weighted by Crippen LogP contribution is 2.39. The van der Waals surface area contributed by atoms with Crippen LogP contribution in [0.1, 0.15) is 46.6 Å². The zero-order valence-electron chi connectivity index (χ0n) is 17.0. The zero-order valence-corrected chi connectivity index (χ0v) is 13.0. The Kier molecular flexibility index (Phi) is 2.00. The van der Waals surface area contributed by atoms with E-state index in [1.807, 2.05) is 69.3 Å². The molecule has 0 radical (unpaired) electrons. The van der Waals surface area contributed by atoms with Crippen molar-refractivity contribution in [1.29, 1.82) is 0 Å². The van der Waals surface area contributed by atoms with Crippen LogP contribution in [0.25, 0.3) is 11.4 Å². The quantitative estimate of drug-likeness (QED) is 0.596. The lowest BCUT2D eigenvalue weighted by Crippen LogP contribution is -2.37. The van der Waals surface area contributed by atoms with Gasteiger partial charge in [0.2, 0.25) is 0 Å². The lowest BCUT2D eigenvalue weighted by Gasteiger charge is -2.07. The molecule has 2 heterocycles. The van der Waals surface area contributed by atoms with E-state index in [0.29, 0.717) is 5.69 Å². The van der Waals surface area contributed by atoms with Crippen molar-refractivity contribution < 1.29 is 10.1 Å². The van der Waals surface area contributed by atoms with Gasteiger partial charge in [0.25, 0.3) is 5.82 Å². The summed E-state index contributed by atoms with van der Waals surface area (Å²) in [5, 5.41) is 0. The first-order chi connectivity index (χ1) is 12.2. The van der Waals surface area contributed by atoms with Gasteiger partial charge >= 0.3 is 0 Å². The van der Waals surface area contributed by atoms with Crippen molar-refractivity contribution in [2.75, 3.05) is 0 Å². The second kappa shape index (κ2) is 4.57. The molecule has 0 amide bonds. The highest BCUT2D eigenvalue weighted by atomic mass is 15.2. The van der Waals surface area contributed by atoms with E-state index in [2.05, 4.69) is 0 Å². The molecule has 2 nitrogen and oxygen atoms in total. The monoisotopic (exact) mass is 293 g/mol. The van der Waals surface area contributed by atoms with Crippen LogP contribution in [0.2, 0.25) is 0 Å². The number of rotatable bonds is 1. The molecule has 2 aromatic carbocycles. The van der Waals surface area contributed by atoms with Gasteiger partial charge in [-0.25, -0.2) is 0 Å². The fourth-order valence-corrected chi connectivity index (χ4v) is 3.53. The van der Waals surface area contributed by atoms with E-state index in [1.54, 1.807) is 9.13 Å². The van der Waals surface area contributed by atoms with Crippen molar-refractivity contribution in [3.05, 3.63) is 76.9 Å². The topological polar surface area (TPSA) is 8.81 Å². The van der Waals surface area contributed by atoms with Crippen LogP contribution in [-0.2, 0) is 0 Å². The first-order valence-electron chi connectivity index (χ1n) is 9.50. The third-order valence-corrected chi connectivity index (χ3v) is 4.59. The maximum Gasteiger partial charge on any atom is 0.264 e. The number of hydrogen-bond acceptors (Lipinski definition) is 0. The van der Waals surface area contributed by atoms with Crippen molar-refractivity contribution in [1.82, 2.24) is 4.57 Å². The standard InChI is InChI=1S/C20H21N2/c1-13-9-5-7-11-18(13)21-15(3)20-14(2)17-10-6-8-12-19(17)22(20)16(21)4/h5-12,14H,1-4H3/q+1/i4D3,14D. The average Bonchev–Trinajstić information content (AvgIpc) is 3.00. The third-order valence-electron chi connectivity index (χ3n) is 4.59. The predicted octanol–water partition coefficient (Wildman–Crippen LogP) is 4.14. The summed E-state index contributed by atoms with van der Waals surface area (Å²) in [4.78, 5) is 0. The Balaban J connectivity index is 2.19. The SMILES string of the molecule is [2H]C([2H])([2H])c1n2c(c(C)[n+]1-c1ccccc1C)C([2H])(C)c1ccccc1-2. The summed E-state index contributed by atoms with van der Waals surface area (Å²) in [6.07, 6.45) is 0. The summed E-state index contributed by atoms with van der Waals surface area (Å²) < 4.78 is 37.2. The van der Waals surface area contributed by atoms with Crippen LogP contribution in [0.15, 0.2) is 48.5 Å². The van der Waals surface area contributed by atoms with Gasteiger partial charge in [-0.1, -0.05) is 43.3 Å². The molecule has 3 aromatic rings. The number of aromatic nitrogens is 2. The molecule has 110 valence electrons. The molecule has 1 unspecified atom stereocenters. The Morgan fingerprint density at radius 1 is 1.09 bits per heavy atom. The van der Waals surface area contributed by atoms with Gasteiger partial charge in [0.05, 0.1) is 5.89 Å². The zero-order chi connectivity index (χ0) is 18.9. The Labute approximate surface area is 137 Å². The molecule has 0 fully saturated rings. The first-order valence-corrected chi connectivity index (χ1v) is 7.50. The maximum atomic E-state index is 9.00. The fourth-order valence-electron chi connectivity index (χ4n) is 3.53. The van der Waals surface area contributed by atoms with E-state index in [1.165, 1.54) is 0 Å². The minimum Gasteiger partial charge on any atom is -0.197 e. The van der Waals surface area contributed by atoms with Gasteiger partial charge in [0.1, 0.15) is 17.1 Å². The lowest BCUT2D eigenvalue weighted by atomic mass is 9.99. The van der Waals surface area contributed by atoms with E-state index in [9.17, 15) is 0 Å². The van der Waals surface area contributed by atoms with Crippen LogP contribution >= 0.6 is 0 Å². The third kappa shape index (κ3) is 1.58. The van der Waals surface area contributed by atoms with Gasteiger partial charge in [-0.2, -0.15) is 9.13 Å². The Morgan fingerprint density at radius 2 is 1.82 bits per heavy atom. The number of fused-ring (bicyclic) bond motifs is 3. The fraction of sp³-hybridized carbons (Fsp3) is 0.250. The second-order valence-electron chi connectivity index (χ2n) is 5.86. The average molecular weight is 293 g/mol. The summed E-state index contributed by atoms with van der Waals surface area (Å²) in [5.41, 5.74) is 4.95. The van der Waals surface area contributed by atoms with Crippen LogP contribution in [0.4, 0.5) is 0 Å². The maximum absolute atomic E-state index is 9.00. The molecule has 0 N–H and O–H groups in total. The predicted molar refractivity (Wildman–Crippen MR) is 89.0 cm³/mol. The van der Waals surface area contributed by atoms with Crippen LogP contribution in [-0.4, -0.2) is 4.57 Å². The second-order valence-corrected chi connectivity index (χ2v) is 5.86. The number of hydrogen-bond donors (Lipinski definition) is 0. The summed E-state index contributed by atoms with van der Waals surface area (Å²) in [6, 6.07) is 15.4. The minimum absolute atomic E-state index is 0.225. The summed E-state index contributed by atoms with van der Waals surface area (Å²) >= 11 is 0. The van der Waals surface area contributed by atoms with Gasteiger partial charge in [0.15, 0.2) is 5.69 Å². The molecule has 0 aliphatic carbocycles. The largest absolute Gasteiger partial charge is 0.264 e. The summed E-state index contributed by atoms with van der Waals surface area (Å²) in [6.45, 7) is 3.40. The molecule has 1 atom stereocenters. The van der Waals surface area contributed by atoms with Gasteiger partial charge in [-0.05, 0) is 24.6 Å². The number of para-hydroxylation sites is 2. The Bertz CT molecular complexity index is 1030. The van der Waals surface area contributed by atoms with Crippen molar-refractivity contribution >= 4 is 0 Å². The van der Waals surface area contributed by atoms with Crippen LogP contribution in [0.5, 0.6) is 0 Å². The van der Waals surface area contributed by atoms with E-state index in [-0.39, 0.29) is 5.82 Å². The van der Waals surface area contributed by atoms with Crippen molar-refractivity contribution in [2.45, 2.75) is 33.5 Å². The van der Waals surface area contributed by atoms with Crippen molar-refractivity contribution in [3.8, 4) is 11.4 Å². The molecular formula is C20H21N2+. The molecule has 1 aromatic heterocycles. The van der Waals surface area contributed by atoms with Gasteiger partial charge in [-0.3, -0.25) is 0 Å². The number of imidazole rings is 1. The molecule has 0 saturated carbocycles. The minimum atomic E-state index is -2.32. The number of benzene rings is 2. The molecule has 22 heavy (non-hydrogen) atoms. The summed E-state index contributed by atoms with van der Waals surface area (Å²) in [5.74, 6) is -0.781. The molecule has 1 aliphatic rings. The molecule has 2 heteroatoms. The molecule has 4 rings (SSSR count). The van der Waals surface area contributed by atoms with E-state index >= 15 is 0 Å². The molecular weight excluding hydrogens is 268 g/mol. The highest BCUT2D eigenvalue weighted by molar-refractivity contribution is 5.54. The van der Waals surface area contributed by atoms with E-state index in [0.717, 1.165) is 28.2 Å². The van der Waals surface area contributed by atoms with Crippen LogP contribution < -0.4 is 4.57 Å². The van der Waals surface area contributed by atoms with Gasteiger partial charge in [0, 0.05) is 24.8 Å². The first kappa shape index (κ1) is 9.62. The van der Waals surface area contributed by atoms with Crippen LogP contribution in [0, 0.1) is 20.7 Å². The smallest absolute Gasteiger partial charge is 0.197 e. The molecule has 0 spiro atoms. The summed E-state index contributed by atoms with van der Waals surface area (Å²) in [7, 11) is 0. The van der Waals surface area contributed by atoms with E-state index < -0.39 is 12.7 Å². The van der Waals surface area contributed by atoms with Gasteiger partial charge < -0.3 is 0 Å². The Hall–Kier alpha value is -2.35. The number of nitrogens with zero attached hydrogens (tertiary/aromatic N) is 2. The van der Waals surface area contributed by atoms with Crippen LogP contribution in [0.3, 0.4) is 0 Å². The van der Waals surface area contributed by atoms with Crippen molar-refractivity contribution in [3.63, 3.8) is 0 Å². The molecule has 0 saturated heterocycles. The van der Waals surface area contributed by atoms with Gasteiger partial charge in [-0.15, -0.1) is 0 Å².